The number of aliphatic carboxylic acids is 1. The number of carboxylic acids is 1. The van der Waals surface area contributed by atoms with Gasteiger partial charge in [-0.15, -0.1) is 0 Å². The summed E-state index contributed by atoms with van der Waals surface area (Å²) >= 11 is 0. The zero-order chi connectivity index (χ0) is 22.1. The van der Waals surface area contributed by atoms with E-state index in [1.807, 2.05) is 0 Å². The smallest absolute Gasteiger partial charge is 0.220 e. The summed E-state index contributed by atoms with van der Waals surface area (Å²) in [4.78, 5) is 21.6. The molecule has 0 rings (SSSR count). The highest BCUT2D eigenvalue weighted by Crippen LogP contribution is 2.15. The van der Waals surface area contributed by atoms with Gasteiger partial charge >= 0.3 is 0 Å². The Kier molecular flexibility index (Phi) is 23.4. The Labute approximate surface area is 187 Å². The Morgan fingerprint density at radius 2 is 0.833 bits per heavy atom. The van der Waals surface area contributed by atoms with Gasteiger partial charge in [0.2, 0.25) is 5.91 Å². The average molecular weight is 425 g/mol. The van der Waals surface area contributed by atoms with E-state index in [1.54, 1.807) is 0 Å². The van der Waals surface area contributed by atoms with Crippen LogP contribution in [0.2, 0.25) is 0 Å². The lowest BCUT2D eigenvalue weighted by Crippen LogP contribution is -2.37. The van der Waals surface area contributed by atoms with Crippen molar-refractivity contribution in [3.05, 3.63) is 0 Å². The molecule has 0 aliphatic rings. The van der Waals surface area contributed by atoms with Crippen LogP contribution in [-0.2, 0) is 9.59 Å². The van der Waals surface area contributed by atoms with E-state index >= 15 is 0 Å². The lowest BCUT2D eigenvalue weighted by molar-refractivity contribution is -0.304. The molecule has 0 spiro atoms. The third-order valence-corrected chi connectivity index (χ3v) is 5.94. The predicted molar refractivity (Wildman–Crippen MR) is 125 cm³/mol. The van der Waals surface area contributed by atoms with E-state index in [-0.39, 0.29) is 12.5 Å². The number of nitrogens with one attached hydrogen (secondary N) is 1. The Morgan fingerprint density at radius 3 is 1.13 bits per heavy atom. The summed E-state index contributed by atoms with van der Waals surface area (Å²) in [5.41, 5.74) is 0. The van der Waals surface area contributed by atoms with Gasteiger partial charge in [0.15, 0.2) is 0 Å². The standard InChI is InChI=1S/C26H51NO3/c1-2-3-4-5-6-7-8-9-10-11-12-13-14-15-16-17-18-19-20-21-22-23-25(28)27-24-26(29)30/h2-24H2,1H3,(H,27,28)(H,29,30)/p-1. The molecule has 0 saturated carbocycles. The monoisotopic (exact) mass is 424 g/mol. The molecule has 1 N–H and O–H groups in total. The number of unbranched alkanes of at least 4 members (excludes halogenated alkanes) is 20. The van der Waals surface area contributed by atoms with E-state index in [4.69, 9.17) is 0 Å². The maximum Gasteiger partial charge on any atom is 0.220 e. The summed E-state index contributed by atoms with van der Waals surface area (Å²) in [6.07, 6.45) is 28.7. The highest BCUT2D eigenvalue weighted by molar-refractivity contribution is 5.80. The van der Waals surface area contributed by atoms with Crippen LogP contribution in [0.4, 0.5) is 0 Å². The summed E-state index contributed by atoms with van der Waals surface area (Å²) in [6, 6.07) is 0. The lowest BCUT2D eigenvalue weighted by atomic mass is 10.0. The predicted octanol–water partition coefficient (Wildman–Crippen LogP) is 6.45. The van der Waals surface area contributed by atoms with E-state index < -0.39 is 5.97 Å². The van der Waals surface area contributed by atoms with Crippen molar-refractivity contribution in [2.24, 2.45) is 0 Å². The van der Waals surface area contributed by atoms with Crippen molar-refractivity contribution in [3.8, 4) is 0 Å². The Hall–Kier alpha value is -1.06. The number of hydrogen-bond acceptors (Lipinski definition) is 3. The fourth-order valence-corrected chi connectivity index (χ4v) is 3.98. The number of carbonyl (C=O) groups excluding carboxylic acids is 2. The molecule has 0 unspecified atom stereocenters. The molecule has 4 heteroatoms. The van der Waals surface area contributed by atoms with Crippen molar-refractivity contribution in [2.75, 3.05) is 6.54 Å². The molecule has 0 aromatic carbocycles. The quantitative estimate of drug-likeness (QED) is 0.181. The highest BCUT2D eigenvalue weighted by atomic mass is 16.4. The molecular weight excluding hydrogens is 374 g/mol. The minimum Gasteiger partial charge on any atom is -0.548 e. The summed E-state index contributed by atoms with van der Waals surface area (Å²) in [7, 11) is 0. The summed E-state index contributed by atoms with van der Waals surface area (Å²) in [6.45, 7) is 1.90. The van der Waals surface area contributed by atoms with Crippen molar-refractivity contribution in [2.45, 2.75) is 148 Å². The first-order chi connectivity index (χ1) is 14.7. The molecule has 0 aromatic rings. The molecular formula is C26H50NO3-. The number of hydrogen-bond donors (Lipinski definition) is 1. The molecule has 0 aliphatic heterocycles. The van der Waals surface area contributed by atoms with Crippen LogP contribution in [-0.4, -0.2) is 18.4 Å². The second kappa shape index (κ2) is 24.2. The van der Waals surface area contributed by atoms with Gasteiger partial charge in [0.25, 0.3) is 0 Å². The van der Waals surface area contributed by atoms with Gasteiger partial charge < -0.3 is 15.2 Å². The van der Waals surface area contributed by atoms with Crippen molar-refractivity contribution in [1.82, 2.24) is 5.32 Å². The van der Waals surface area contributed by atoms with Gasteiger partial charge in [-0.3, -0.25) is 4.79 Å². The maximum atomic E-state index is 11.3. The normalized spacial score (nSPS) is 11.0. The first-order valence-electron chi connectivity index (χ1n) is 13.1. The van der Waals surface area contributed by atoms with E-state index in [1.165, 1.54) is 122 Å². The van der Waals surface area contributed by atoms with Crippen molar-refractivity contribution in [3.63, 3.8) is 0 Å². The summed E-state index contributed by atoms with van der Waals surface area (Å²) < 4.78 is 0. The van der Waals surface area contributed by atoms with Gasteiger partial charge in [0, 0.05) is 6.42 Å². The van der Waals surface area contributed by atoms with Crippen LogP contribution in [0.15, 0.2) is 0 Å². The molecule has 0 heterocycles. The van der Waals surface area contributed by atoms with Crippen molar-refractivity contribution < 1.29 is 14.7 Å². The molecule has 0 atom stereocenters. The van der Waals surface area contributed by atoms with E-state index in [9.17, 15) is 14.7 Å². The third kappa shape index (κ3) is 25.0. The highest BCUT2D eigenvalue weighted by Gasteiger charge is 2.00. The molecule has 0 saturated heterocycles. The van der Waals surface area contributed by atoms with Gasteiger partial charge in [-0.1, -0.05) is 135 Å². The van der Waals surface area contributed by atoms with Gasteiger partial charge in [-0.2, -0.15) is 0 Å². The number of rotatable bonds is 24. The molecule has 30 heavy (non-hydrogen) atoms. The fourth-order valence-electron chi connectivity index (χ4n) is 3.98. The van der Waals surface area contributed by atoms with Gasteiger partial charge in [-0.05, 0) is 6.42 Å². The molecule has 4 nitrogen and oxygen atoms in total. The lowest BCUT2D eigenvalue weighted by Gasteiger charge is -2.06. The fraction of sp³-hybridized carbons (Fsp3) is 0.923. The van der Waals surface area contributed by atoms with Crippen LogP contribution < -0.4 is 10.4 Å². The zero-order valence-electron chi connectivity index (χ0n) is 20.0. The van der Waals surface area contributed by atoms with E-state index in [2.05, 4.69) is 12.2 Å². The van der Waals surface area contributed by atoms with Gasteiger partial charge in [0.05, 0.1) is 12.5 Å². The SMILES string of the molecule is CCCCCCCCCCCCCCCCCCCCCCCC(=O)NCC(=O)[O-]. The van der Waals surface area contributed by atoms with Gasteiger partial charge in [-0.25, -0.2) is 0 Å². The summed E-state index contributed by atoms with van der Waals surface area (Å²) in [5.74, 6) is -1.42. The molecule has 0 aromatic heterocycles. The van der Waals surface area contributed by atoms with Crippen LogP contribution in [0.3, 0.4) is 0 Å². The van der Waals surface area contributed by atoms with Gasteiger partial charge in [0.1, 0.15) is 0 Å². The molecule has 0 bridgehead atoms. The van der Waals surface area contributed by atoms with Crippen LogP contribution >= 0.6 is 0 Å². The topological polar surface area (TPSA) is 69.2 Å². The average Bonchev–Trinajstić information content (AvgIpc) is 2.73. The molecule has 0 fully saturated rings. The Morgan fingerprint density at radius 1 is 0.533 bits per heavy atom. The third-order valence-electron chi connectivity index (χ3n) is 5.94. The maximum absolute atomic E-state index is 11.3. The second-order valence-electron chi connectivity index (χ2n) is 8.97. The minimum atomic E-state index is -1.23. The number of carbonyl (C=O) groups is 2. The Balaban J connectivity index is 3.08. The van der Waals surface area contributed by atoms with Crippen LogP contribution in [0, 0.1) is 0 Å². The number of amides is 1. The first-order valence-corrected chi connectivity index (χ1v) is 13.1. The molecule has 178 valence electrons. The van der Waals surface area contributed by atoms with Crippen LogP contribution in [0.25, 0.3) is 0 Å². The van der Waals surface area contributed by atoms with Crippen molar-refractivity contribution in [1.29, 1.82) is 0 Å². The molecule has 0 radical (unpaired) electrons. The van der Waals surface area contributed by atoms with E-state index in [0.29, 0.717) is 6.42 Å². The van der Waals surface area contributed by atoms with E-state index in [0.717, 1.165) is 12.8 Å². The van der Waals surface area contributed by atoms with Crippen LogP contribution in [0.1, 0.15) is 148 Å². The Bertz CT molecular complexity index is 384. The summed E-state index contributed by atoms with van der Waals surface area (Å²) in [5, 5.41) is 12.6. The first kappa shape index (κ1) is 28.9. The minimum absolute atomic E-state index is 0.183. The van der Waals surface area contributed by atoms with Crippen molar-refractivity contribution >= 4 is 11.9 Å². The number of carboxylic acid groups (broad SMARTS) is 1. The largest absolute Gasteiger partial charge is 0.548 e. The molecule has 1 amide bonds. The second-order valence-corrected chi connectivity index (χ2v) is 8.97. The molecule has 0 aliphatic carbocycles. The zero-order valence-corrected chi connectivity index (χ0v) is 20.0. The van der Waals surface area contributed by atoms with Crippen LogP contribution in [0.5, 0.6) is 0 Å².